The normalized spacial score (nSPS) is 23.6. The van der Waals surface area contributed by atoms with E-state index in [1.165, 1.54) is 18.9 Å². The van der Waals surface area contributed by atoms with Crippen LogP contribution in [0.2, 0.25) is 0 Å². The molecule has 6 nitrogen and oxygen atoms in total. The maximum Gasteiger partial charge on any atom is 0.292 e. The summed E-state index contributed by atoms with van der Waals surface area (Å²) in [6.07, 6.45) is 5.59. The summed E-state index contributed by atoms with van der Waals surface area (Å²) in [5, 5.41) is 14.1. The van der Waals surface area contributed by atoms with Crippen molar-refractivity contribution in [3.05, 3.63) is 28.3 Å². The van der Waals surface area contributed by atoms with Crippen molar-refractivity contribution in [1.82, 2.24) is 0 Å². The number of anilines is 2. The lowest BCUT2D eigenvalue weighted by Gasteiger charge is -2.24. The standard InChI is InChI=1S/C13H20N4O2/c14-10-4-2-1-3-5-12(10)16-9-6-7-13(17(18)19)11(15)8-9/h6-8,10,12,16H,1-5,14-15H2. The largest absolute Gasteiger partial charge is 0.393 e. The molecule has 2 unspecified atom stereocenters. The second-order valence-electron chi connectivity index (χ2n) is 5.08. The molecule has 1 saturated carbocycles. The molecule has 5 N–H and O–H groups in total. The van der Waals surface area contributed by atoms with Crippen LogP contribution in [0, 0.1) is 10.1 Å². The monoisotopic (exact) mass is 264 g/mol. The van der Waals surface area contributed by atoms with Crippen molar-refractivity contribution in [3.63, 3.8) is 0 Å². The molecule has 19 heavy (non-hydrogen) atoms. The zero-order valence-corrected chi connectivity index (χ0v) is 10.8. The van der Waals surface area contributed by atoms with Crippen LogP contribution in [0.1, 0.15) is 32.1 Å². The van der Waals surface area contributed by atoms with Gasteiger partial charge >= 0.3 is 0 Å². The quantitative estimate of drug-likeness (QED) is 0.336. The van der Waals surface area contributed by atoms with Crippen LogP contribution in [0.25, 0.3) is 0 Å². The molecule has 104 valence electrons. The van der Waals surface area contributed by atoms with E-state index in [9.17, 15) is 10.1 Å². The summed E-state index contributed by atoms with van der Waals surface area (Å²) in [7, 11) is 0. The Bertz CT molecular complexity index is 464. The van der Waals surface area contributed by atoms with Crippen molar-refractivity contribution < 1.29 is 4.92 Å². The molecule has 0 bridgehead atoms. The first-order valence-corrected chi connectivity index (χ1v) is 6.64. The highest BCUT2D eigenvalue weighted by Crippen LogP contribution is 2.27. The summed E-state index contributed by atoms with van der Waals surface area (Å²) in [4.78, 5) is 10.2. The summed E-state index contributed by atoms with van der Waals surface area (Å²) >= 11 is 0. The van der Waals surface area contributed by atoms with Gasteiger partial charge in [0.2, 0.25) is 0 Å². The highest BCUT2D eigenvalue weighted by Gasteiger charge is 2.20. The van der Waals surface area contributed by atoms with Gasteiger partial charge in [-0.3, -0.25) is 10.1 Å². The molecule has 1 aliphatic rings. The molecule has 0 saturated heterocycles. The van der Waals surface area contributed by atoms with E-state index < -0.39 is 4.92 Å². The van der Waals surface area contributed by atoms with Gasteiger partial charge in [0, 0.05) is 23.8 Å². The van der Waals surface area contributed by atoms with Gasteiger partial charge in [-0.2, -0.15) is 0 Å². The summed E-state index contributed by atoms with van der Waals surface area (Å²) < 4.78 is 0. The molecular weight excluding hydrogens is 244 g/mol. The van der Waals surface area contributed by atoms with Gasteiger partial charge in [-0.05, 0) is 25.0 Å². The zero-order chi connectivity index (χ0) is 13.8. The van der Waals surface area contributed by atoms with E-state index in [0.717, 1.165) is 24.9 Å². The molecule has 0 amide bonds. The Balaban J connectivity index is 2.10. The molecule has 2 rings (SSSR count). The van der Waals surface area contributed by atoms with Crippen molar-refractivity contribution in [2.45, 2.75) is 44.2 Å². The van der Waals surface area contributed by atoms with Gasteiger partial charge in [0.15, 0.2) is 0 Å². The number of nitrogens with zero attached hydrogens (tertiary/aromatic N) is 1. The van der Waals surface area contributed by atoms with Crippen LogP contribution < -0.4 is 16.8 Å². The van der Waals surface area contributed by atoms with Gasteiger partial charge in [-0.1, -0.05) is 19.3 Å². The smallest absolute Gasteiger partial charge is 0.292 e. The number of nitrogen functional groups attached to an aromatic ring is 1. The lowest BCUT2D eigenvalue weighted by Crippen LogP contribution is -2.39. The van der Waals surface area contributed by atoms with Gasteiger partial charge in [-0.15, -0.1) is 0 Å². The number of nitrogens with one attached hydrogen (secondary N) is 1. The highest BCUT2D eigenvalue weighted by molar-refractivity contribution is 5.66. The number of nitro benzene ring substituents is 1. The third-order valence-electron chi connectivity index (χ3n) is 3.65. The highest BCUT2D eigenvalue weighted by atomic mass is 16.6. The Labute approximate surface area is 112 Å². The van der Waals surface area contributed by atoms with Gasteiger partial charge in [0.05, 0.1) is 4.92 Å². The van der Waals surface area contributed by atoms with E-state index in [1.54, 1.807) is 12.1 Å². The SMILES string of the molecule is Nc1cc(NC2CCCCCC2N)ccc1[N+](=O)[O-]. The van der Waals surface area contributed by atoms with Crippen LogP contribution in [0.15, 0.2) is 18.2 Å². The summed E-state index contributed by atoms with van der Waals surface area (Å²) in [5.41, 5.74) is 12.7. The first-order chi connectivity index (χ1) is 9.08. The predicted octanol–water partition coefficient (Wildman–Crippen LogP) is 2.25. The molecule has 2 atom stereocenters. The van der Waals surface area contributed by atoms with E-state index >= 15 is 0 Å². The van der Waals surface area contributed by atoms with Crippen LogP contribution in [0.5, 0.6) is 0 Å². The van der Waals surface area contributed by atoms with Crippen LogP contribution in [0.3, 0.4) is 0 Å². The van der Waals surface area contributed by atoms with Gasteiger partial charge in [0.1, 0.15) is 5.69 Å². The molecule has 0 aromatic heterocycles. The molecule has 1 aliphatic carbocycles. The number of hydrogen-bond donors (Lipinski definition) is 3. The lowest BCUT2D eigenvalue weighted by molar-refractivity contribution is -0.383. The molecule has 0 aliphatic heterocycles. The molecule has 1 aromatic rings. The Morgan fingerprint density at radius 3 is 2.68 bits per heavy atom. The predicted molar refractivity (Wildman–Crippen MR) is 76.0 cm³/mol. The number of rotatable bonds is 3. The maximum absolute atomic E-state index is 10.7. The molecule has 0 radical (unpaired) electrons. The fraction of sp³-hybridized carbons (Fsp3) is 0.538. The third-order valence-corrected chi connectivity index (χ3v) is 3.65. The summed E-state index contributed by atoms with van der Waals surface area (Å²) in [6, 6.07) is 5.06. The van der Waals surface area contributed by atoms with Gasteiger partial charge < -0.3 is 16.8 Å². The average molecular weight is 264 g/mol. The fourth-order valence-corrected chi connectivity index (χ4v) is 2.54. The maximum atomic E-state index is 10.7. The van der Waals surface area contributed by atoms with Crippen molar-refractivity contribution in [3.8, 4) is 0 Å². The average Bonchev–Trinajstić information content (AvgIpc) is 2.55. The Morgan fingerprint density at radius 1 is 1.26 bits per heavy atom. The fourth-order valence-electron chi connectivity index (χ4n) is 2.54. The topological polar surface area (TPSA) is 107 Å². The van der Waals surface area contributed by atoms with Crippen molar-refractivity contribution >= 4 is 17.1 Å². The van der Waals surface area contributed by atoms with E-state index in [1.807, 2.05) is 0 Å². The van der Waals surface area contributed by atoms with E-state index in [2.05, 4.69) is 5.32 Å². The van der Waals surface area contributed by atoms with E-state index in [0.29, 0.717) is 0 Å². The van der Waals surface area contributed by atoms with E-state index in [4.69, 9.17) is 11.5 Å². The molecule has 1 fully saturated rings. The second kappa shape index (κ2) is 5.88. The van der Waals surface area contributed by atoms with Crippen molar-refractivity contribution in [2.24, 2.45) is 5.73 Å². The minimum atomic E-state index is -0.476. The number of benzene rings is 1. The number of hydrogen-bond acceptors (Lipinski definition) is 5. The van der Waals surface area contributed by atoms with Crippen molar-refractivity contribution in [2.75, 3.05) is 11.1 Å². The van der Waals surface area contributed by atoms with Crippen molar-refractivity contribution in [1.29, 1.82) is 0 Å². The van der Waals surface area contributed by atoms with E-state index in [-0.39, 0.29) is 23.5 Å². The Hall–Kier alpha value is -1.82. The minimum absolute atomic E-state index is 0.0595. The third kappa shape index (κ3) is 3.35. The lowest BCUT2D eigenvalue weighted by atomic mass is 10.0. The van der Waals surface area contributed by atoms with Crippen LogP contribution in [0.4, 0.5) is 17.1 Å². The van der Waals surface area contributed by atoms with Gasteiger partial charge in [-0.25, -0.2) is 0 Å². The summed E-state index contributed by atoms with van der Waals surface area (Å²) in [5.74, 6) is 0. The molecule has 0 heterocycles. The first-order valence-electron chi connectivity index (χ1n) is 6.64. The minimum Gasteiger partial charge on any atom is -0.393 e. The van der Waals surface area contributed by atoms with Gasteiger partial charge in [0.25, 0.3) is 5.69 Å². The second-order valence-corrected chi connectivity index (χ2v) is 5.08. The molecule has 0 spiro atoms. The number of nitrogens with two attached hydrogens (primary N) is 2. The summed E-state index contributed by atoms with van der Waals surface area (Å²) in [6.45, 7) is 0. The Kier molecular flexibility index (Phi) is 4.21. The van der Waals surface area contributed by atoms with Crippen LogP contribution in [-0.4, -0.2) is 17.0 Å². The zero-order valence-electron chi connectivity index (χ0n) is 10.8. The van der Waals surface area contributed by atoms with Crippen LogP contribution in [-0.2, 0) is 0 Å². The van der Waals surface area contributed by atoms with Crippen LogP contribution >= 0.6 is 0 Å². The molecular formula is C13H20N4O2. The number of nitro groups is 1. The molecule has 6 heteroatoms. The Morgan fingerprint density at radius 2 is 2.00 bits per heavy atom. The first kappa shape index (κ1) is 13.6. The molecule has 1 aromatic carbocycles.